The molecule has 0 saturated carbocycles. The maximum Gasteiger partial charge on any atom is 0.331 e. The SMILES string of the molecule is CSc1ccc(/C=C/C(=O)OCc2cccc([N+](=O)[O-])c2)cc1. The third kappa shape index (κ3) is 5.27. The first-order valence-corrected chi connectivity index (χ1v) is 8.03. The molecule has 2 aromatic rings. The van der Waals surface area contributed by atoms with Crippen LogP contribution in [0.1, 0.15) is 11.1 Å². The van der Waals surface area contributed by atoms with E-state index in [1.807, 2.05) is 30.5 Å². The zero-order valence-electron chi connectivity index (χ0n) is 12.5. The predicted octanol–water partition coefficient (Wildman–Crippen LogP) is 4.07. The molecule has 0 saturated heterocycles. The molecule has 0 bridgehead atoms. The van der Waals surface area contributed by atoms with Gasteiger partial charge in [0.15, 0.2) is 0 Å². The lowest BCUT2D eigenvalue weighted by Gasteiger charge is -2.02. The van der Waals surface area contributed by atoms with Gasteiger partial charge in [-0.15, -0.1) is 11.8 Å². The van der Waals surface area contributed by atoms with Gasteiger partial charge < -0.3 is 4.74 Å². The van der Waals surface area contributed by atoms with Crippen molar-refractivity contribution in [3.8, 4) is 0 Å². The van der Waals surface area contributed by atoms with E-state index < -0.39 is 10.9 Å². The second-order valence-corrected chi connectivity index (χ2v) is 5.52. The Balaban J connectivity index is 1.90. The Labute approximate surface area is 138 Å². The molecular formula is C17H15NO4S. The van der Waals surface area contributed by atoms with Crippen LogP contribution in [0.3, 0.4) is 0 Å². The van der Waals surface area contributed by atoms with Crippen LogP contribution in [0.25, 0.3) is 6.08 Å². The largest absolute Gasteiger partial charge is 0.458 e. The predicted molar refractivity (Wildman–Crippen MR) is 90.1 cm³/mol. The lowest BCUT2D eigenvalue weighted by atomic mass is 10.2. The van der Waals surface area contributed by atoms with Gasteiger partial charge in [-0.05, 0) is 35.6 Å². The Bertz CT molecular complexity index is 726. The molecule has 2 rings (SSSR count). The van der Waals surface area contributed by atoms with Gasteiger partial charge in [0.05, 0.1) is 4.92 Å². The maximum absolute atomic E-state index is 11.7. The van der Waals surface area contributed by atoms with Crippen molar-refractivity contribution in [3.05, 3.63) is 75.8 Å². The fourth-order valence-corrected chi connectivity index (χ4v) is 2.25. The number of benzene rings is 2. The lowest BCUT2D eigenvalue weighted by Crippen LogP contribution is -2.01. The van der Waals surface area contributed by atoms with Crippen LogP contribution in [0.5, 0.6) is 0 Å². The molecule has 0 aromatic heterocycles. The molecule has 6 heteroatoms. The first kappa shape index (κ1) is 16.8. The van der Waals surface area contributed by atoms with Crippen LogP contribution in [0.4, 0.5) is 5.69 Å². The number of hydrogen-bond acceptors (Lipinski definition) is 5. The average Bonchev–Trinajstić information content (AvgIpc) is 2.58. The molecule has 0 spiro atoms. The zero-order chi connectivity index (χ0) is 16.7. The van der Waals surface area contributed by atoms with Crippen molar-refractivity contribution in [2.45, 2.75) is 11.5 Å². The van der Waals surface area contributed by atoms with Gasteiger partial charge in [0.25, 0.3) is 5.69 Å². The fourth-order valence-electron chi connectivity index (χ4n) is 1.84. The number of nitro benzene ring substituents is 1. The van der Waals surface area contributed by atoms with E-state index in [1.165, 1.54) is 18.2 Å². The van der Waals surface area contributed by atoms with E-state index in [0.29, 0.717) is 5.56 Å². The summed E-state index contributed by atoms with van der Waals surface area (Å²) in [6.07, 6.45) is 5.00. The molecular weight excluding hydrogens is 314 g/mol. The third-order valence-corrected chi connectivity index (χ3v) is 3.77. The van der Waals surface area contributed by atoms with Gasteiger partial charge in [0.2, 0.25) is 0 Å². The van der Waals surface area contributed by atoms with Crippen molar-refractivity contribution in [1.82, 2.24) is 0 Å². The van der Waals surface area contributed by atoms with E-state index >= 15 is 0 Å². The number of nitro groups is 1. The normalized spacial score (nSPS) is 10.7. The molecule has 0 aliphatic rings. The molecule has 0 aliphatic carbocycles. The number of non-ortho nitro benzene ring substituents is 1. The van der Waals surface area contributed by atoms with Crippen molar-refractivity contribution in [3.63, 3.8) is 0 Å². The van der Waals surface area contributed by atoms with Gasteiger partial charge in [0, 0.05) is 23.1 Å². The molecule has 2 aromatic carbocycles. The average molecular weight is 329 g/mol. The Morgan fingerprint density at radius 1 is 1.26 bits per heavy atom. The Morgan fingerprint density at radius 3 is 2.65 bits per heavy atom. The number of ether oxygens (including phenoxy) is 1. The molecule has 0 atom stereocenters. The highest BCUT2D eigenvalue weighted by Gasteiger charge is 2.06. The van der Waals surface area contributed by atoms with Gasteiger partial charge in [0.1, 0.15) is 6.61 Å². The van der Waals surface area contributed by atoms with Crippen LogP contribution in [-0.2, 0) is 16.1 Å². The summed E-state index contributed by atoms with van der Waals surface area (Å²) in [4.78, 5) is 23.0. The molecule has 23 heavy (non-hydrogen) atoms. The topological polar surface area (TPSA) is 69.4 Å². The number of esters is 1. The minimum Gasteiger partial charge on any atom is -0.458 e. The van der Waals surface area contributed by atoms with E-state index in [0.717, 1.165) is 10.5 Å². The van der Waals surface area contributed by atoms with Gasteiger partial charge in [-0.1, -0.05) is 24.3 Å². The Kier molecular flexibility index (Phi) is 5.94. The smallest absolute Gasteiger partial charge is 0.331 e. The molecule has 0 N–H and O–H groups in total. The maximum atomic E-state index is 11.7. The first-order valence-electron chi connectivity index (χ1n) is 6.81. The lowest BCUT2D eigenvalue weighted by molar-refractivity contribution is -0.384. The minimum absolute atomic E-state index is 0.00370. The monoisotopic (exact) mass is 329 g/mol. The molecule has 0 amide bonds. The summed E-state index contributed by atoms with van der Waals surface area (Å²) in [6.45, 7) is -0.00370. The van der Waals surface area contributed by atoms with Crippen LogP contribution in [0, 0.1) is 10.1 Å². The highest BCUT2D eigenvalue weighted by Crippen LogP contribution is 2.16. The van der Waals surface area contributed by atoms with Crippen molar-refractivity contribution in [1.29, 1.82) is 0 Å². The summed E-state index contributed by atoms with van der Waals surface area (Å²) in [5, 5.41) is 10.7. The van der Waals surface area contributed by atoms with Crippen LogP contribution in [0.2, 0.25) is 0 Å². The summed E-state index contributed by atoms with van der Waals surface area (Å²) in [5.41, 5.74) is 1.45. The quantitative estimate of drug-likeness (QED) is 0.263. The van der Waals surface area contributed by atoms with Crippen LogP contribution < -0.4 is 0 Å². The molecule has 5 nitrogen and oxygen atoms in total. The summed E-state index contributed by atoms with van der Waals surface area (Å²) in [7, 11) is 0. The molecule has 0 radical (unpaired) electrons. The molecule has 118 valence electrons. The number of carbonyl (C=O) groups is 1. The highest BCUT2D eigenvalue weighted by atomic mass is 32.2. The van der Waals surface area contributed by atoms with Crippen molar-refractivity contribution in [2.24, 2.45) is 0 Å². The number of carbonyl (C=O) groups excluding carboxylic acids is 1. The molecule has 0 heterocycles. The number of nitrogens with zero attached hydrogens (tertiary/aromatic N) is 1. The molecule has 0 aliphatic heterocycles. The van der Waals surface area contributed by atoms with Gasteiger partial charge >= 0.3 is 5.97 Å². The first-order chi connectivity index (χ1) is 11.1. The summed E-state index contributed by atoms with van der Waals surface area (Å²) < 4.78 is 5.08. The number of thioether (sulfide) groups is 1. The van der Waals surface area contributed by atoms with Crippen LogP contribution in [-0.4, -0.2) is 17.1 Å². The van der Waals surface area contributed by atoms with Gasteiger partial charge in [-0.3, -0.25) is 10.1 Å². The summed E-state index contributed by atoms with van der Waals surface area (Å²) >= 11 is 1.65. The minimum atomic E-state index is -0.495. The van der Waals surface area contributed by atoms with Crippen LogP contribution in [0.15, 0.2) is 59.5 Å². The fraction of sp³-hybridized carbons (Fsp3) is 0.118. The van der Waals surface area contributed by atoms with Crippen molar-refractivity contribution in [2.75, 3.05) is 6.26 Å². The summed E-state index contributed by atoms with van der Waals surface area (Å²) in [6, 6.07) is 13.8. The van der Waals surface area contributed by atoms with Crippen molar-refractivity contribution >= 4 is 29.5 Å². The Morgan fingerprint density at radius 2 is 2.00 bits per heavy atom. The summed E-state index contributed by atoms with van der Waals surface area (Å²) in [5.74, 6) is -0.495. The molecule has 0 unspecified atom stereocenters. The van der Waals surface area contributed by atoms with E-state index in [-0.39, 0.29) is 12.3 Å². The number of rotatable bonds is 6. The Hall–Kier alpha value is -2.60. The van der Waals surface area contributed by atoms with Gasteiger partial charge in [-0.2, -0.15) is 0 Å². The number of hydrogen-bond donors (Lipinski definition) is 0. The van der Waals surface area contributed by atoms with E-state index in [1.54, 1.807) is 30.0 Å². The molecule has 0 fully saturated rings. The van der Waals surface area contributed by atoms with Crippen LogP contribution >= 0.6 is 11.8 Å². The van der Waals surface area contributed by atoms with Gasteiger partial charge in [-0.25, -0.2) is 4.79 Å². The van der Waals surface area contributed by atoms with Crippen molar-refractivity contribution < 1.29 is 14.5 Å². The standard InChI is InChI=1S/C17H15NO4S/c1-23-16-8-5-13(6-9-16)7-10-17(19)22-12-14-3-2-4-15(11-14)18(20)21/h2-11H,12H2,1H3/b10-7+. The third-order valence-electron chi connectivity index (χ3n) is 3.03. The highest BCUT2D eigenvalue weighted by molar-refractivity contribution is 7.98. The van der Waals surface area contributed by atoms with E-state index in [4.69, 9.17) is 4.74 Å². The zero-order valence-corrected chi connectivity index (χ0v) is 13.3. The van der Waals surface area contributed by atoms with E-state index in [2.05, 4.69) is 0 Å². The van der Waals surface area contributed by atoms with E-state index in [9.17, 15) is 14.9 Å². The second kappa shape index (κ2) is 8.14. The second-order valence-electron chi connectivity index (χ2n) is 4.64.